The Balaban J connectivity index is 1.80. The van der Waals surface area contributed by atoms with Gasteiger partial charge in [0.15, 0.2) is 17.0 Å². The van der Waals surface area contributed by atoms with E-state index >= 15 is 0 Å². The number of halogens is 2. The zero-order chi connectivity index (χ0) is 18.4. The standard InChI is InChI=1S/C16H14Cl2N2O4S/c1-9(16(23)20-10-3-2-8-19-15(10)18)24-14(22)7-4-11(21)12-5-6-13(17)25-12/h2-3,5-6,8-9H,4,7H2,1H3,(H,20,23)/t9-/m1/s1. The lowest BCUT2D eigenvalue weighted by Gasteiger charge is -2.13. The Bertz CT molecular complexity index is 794. The van der Waals surface area contributed by atoms with Gasteiger partial charge in [0, 0.05) is 12.6 Å². The summed E-state index contributed by atoms with van der Waals surface area (Å²) in [7, 11) is 0. The van der Waals surface area contributed by atoms with Crippen LogP contribution in [0.3, 0.4) is 0 Å². The van der Waals surface area contributed by atoms with E-state index < -0.39 is 18.0 Å². The van der Waals surface area contributed by atoms with Crippen LogP contribution in [-0.2, 0) is 14.3 Å². The number of esters is 1. The molecule has 1 amide bonds. The molecule has 132 valence electrons. The van der Waals surface area contributed by atoms with Gasteiger partial charge in [0.25, 0.3) is 5.91 Å². The molecule has 1 atom stereocenters. The highest BCUT2D eigenvalue weighted by atomic mass is 35.5. The summed E-state index contributed by atoms with van der Waals surface area (Å²) < 4.78 is 5.53. The first-order chi connectivity index (χ1) is 11.9. The van der Waals surface area contributed by atoms with E-state index in [9.17, 15) is 14.4 Å². The third-order valence-corrected chi connectivity index (χ3v) is 4.67. The second-order valence-electron chi connectivity index (χ2n) is 4.99. The summed E-state index contributed by atoms with van der Waals surface area (Å²) in [6.07, 6.45) is 0.312. The molecule has 6 nitrogen and oxygen atoms in total. The lowest BCUT2D eigenvalue weighted by Crippen LogP contribution is -2.30. The first-order valence-electron chi connectivity index (χ1n) is 7.26. The molecule has 1 N–H and O–H groups in total. The molecule has 2 aromatic rings. The molecule has 0 aliphatic rings. The van der Waals surface area contributed by atoms with Crippen LogP contribution >= 0.6 is 34.5 Å². The number of carbonyl (C=O) groups excluding carboxylic acids is 3. The number of hydrogen-bond donors (Lipinski definition) is 1. The SMILES string of the molecule is C[C@@H](OC(=O)CCC(=O)c1ccc(Cl)s1)C(=O)Nc1cccnc1Cl. The molecule has 2 heterocycles. The van der Waals surface area contributed by atoms with Gasteiger partial charge in [0.2, 0.25) is 0 Å². The summed E-state index contributed by atoms with van der Waals surface area (Å²) in [6, 6.07) is 6.41. The summed E-state index contributed by atoms with van der Waals surface area (Å²) in [4.78, 5) is 40.0. The summed E-state index contributed by atoms with van der Waals surface area (Å²) in [5, 5.41) is 2.65. The number of amides is 1. The van der Waals surface area contributed by atoms with Crippen molar-refractivity contribution < 1.29 is 19.1 Å². The molecule has 2 aromatic heterocycles. The maximum atomic E-state index is 12.0. The van der Waals surface area contributed by atoms with Crippen LogP contribution in [0, 0.1) is 0 Å². The molecular formula is C16H14Cl2N2O4S. The van der Waals surface area contributed by atoms with Gasteiger partial charge in [-0.15, -0.1) is 11.3 Å². The second kappa shape index (κ2) is 8.94. The molecule has 0 bridgehead atoms. The number of carbonyl (C=O) groups is 3. The monoisotopic (exact) mass is 400 g/mol. The largest absolute Gasteiger partial charge is 0.453 e. The maximum Gasteiger partial charge on any atom is 0.307 e. The van der Waals surface area contributed by atoms with Gasteiger partial charge in [0.1, 0.15) is 0 Å². The number of anilines is 1. The molecule has 0 unspecified atom stereocenters. The number of nitrogens with zero attached hydrogens (tertiary/aromatic N) is 1. The van der Waals surface area contributed by atoms with E-state index in [1.54, 1.807) is 24.3 Å². The molecule has 9 heteroatoms. The molecule has 0 fully saturated rings. The maximum absolute atomic E-state index is 12.0. The summed E-state index contributed by atoms with van der Waals surface area (Å²) in [5.41, 5.74) is 0.321. The molecule has 0 aliphatic heterocycles. The average Bonchev–Trinajstić information content (AvgIpc) is 3.01. The van der Waals surface area contributed by atoms with Crippen LogP contribution in [-0.4, -0.2) is 28.7 Å². The fourth-order valence-electron chi connectivity index (χ4n) is 1.83. The molecule has 0 aromatic carbocycles. The highest BCUT2D eigenvalue weighted by molar-refractivity contribution is 7.18. The number of ether oxygens (including phenoxy) is 1. The Hall–Kier alpha value is -1.96. The zero-order valence-corrected chi connectivity index (χ0v) is 15.5. The summed E-state index contributed by atoms with van der Waals surface area (Å²) in [5.74, 6) is -1.39. The molecule has 0 spiro atoms. The van der Waals surface area contributed by atoms with Gasteiger partial charge in [-0.05, 0) is 31.2 Å². The normalized spacial score (nSPS) is 11.6. The van der Waals surface area contributed by atoms with Crippen molar-refractivity contribution in [1.82, 2.24) is 4.98 Å². The van der Waals surface area contributed by atoms with Crippen LogP contribution in [0.25, 0.3) is 0 Å². The fraction of sp³-hybridized carbons (Fsp3) is 0.250. The molecule has 25 heavy (non-hydrogen) atoms. The van der Waals surface area contributed by atoms with Gasteiger partial charge in [-0.1, -0.05) is 23.2 Å². The van der Waals surface area contributed by atoms with Gasteiger partial charge in [-0.2, -0.15) is 0 Å². The van der Waals surface area contributed by atoms with Crippen molar-refractivity contribution in [3.05, 3.63) is 44.8 Å². The quantitative estimate of drug-likeness (QED) is 0.431. The van der Waals surface area contributed by atoms with Crippen molar-refractivity contribution in [3.8, 4) is 0 Å². The Kier molecular flexibility index (Phi) is 6.92. The van der Waals surface area contributed by atoms with Crippen LogP contribution in [0.15, 0.2) is 30.5 Å². The zero-order valence-electron chi connectivity index (χ0n) is 13.1. The minimum Gasteiger partial charge on any atom is -0.453 e. The summed E-state index contributed by atoms with van der Waals surface area (Å²) in [6.45, 7) is 1.43. The lowest BCUT2D eigenvalue weighted by atomic mass is 10.2. The Morgan fingerprint density at radius 2 is 2.00 bits per heavy atom. The minimum atomic E-state index is -1.03. The van der Waals surface area contributed by atoms with Crippen molar-refractivity contribution in [3.63, 3.8) is 0 Å². The van der Waals surface area contributed by atoms with Crippen molar-refractivity contribution in [2.45, 2.75) is 25.9 Å². The van der Waals surface area contributed by atoms with Gasteiger partial charge < -0.3 is 10.1 Å². The Labute approximate surface area is 158 Å². The predicted molar refractivity (Wildman–Crippen MR) is 96.3 cm³/mol. The van der Waals surface area contributed by atoms with E-state index in [1.807, 2.05) is 0 Å². The second-order valence-corrected chi connectivity index (χ2v) is 7.06. The van der Waals surface area contributed by atoms with Crippen molar-refractivity contribution in [2.24, 2.45) is 0 Å². The molecule has 0 radical (unpaired) electrons. The van der Waals surface area contributed by atoms with Gasteiger partial charge in [-0.25, -0.2) is 4.98 Å². The first kappa shape index (κ1) is 19.4. The number of aromatic nitrogens is 1. The van der Waals surface area contributed by atoms with Crippen molar-refractivity contribution in [2.75, 3.05) is 5.32 Å². The Morgan fingerprint density at radius 1 is 1.24 bits per heavy atom. The highest BCUT2D eigenvalue weighted by Gasteiger charge is 2.20. The van der Waals surface area contributed by atoms with Crippen molar-refractivity contribution in [1.29, 1.82) is 0 Å². The third kappa shape index (κ3) is 5.81. The fourth-order valence-corrected chi connectivity index (χ4v) is 3.00. The van der Waals surface area contributed by atoms with E-state index in [0.29, 0.717) is 14.9 Å². The topological polar surface area (TPSA) is 85.4 Å². The smallest absolute Gasteiger partial charge is 0.307 e. The molecule has 2 rings (SSSR count). The summed E-state index contributed by atoms with van der Waals surface area (Å²) >= 11 is 12.8. The number of ketones is 1. The van der Waals surface area contributed by atoms with Crippen LogP contribution in [0.4, 0.5) is 5.69 Å². The van der Waals surface area contributed by atoms with Crippen LogP contribution in [0.5, 0.6) is 0 Å². The van der Waals surface area contributed by atoms with E-state index in [2.05, 4.69) is 10.3 Å². The average molecular weight is 401 g/mol. The number of Topliss-reactive ketones (excluding diaryl/α,β-unsaturated/α-hetero) is 1. The van der Waals surface area contributed by atoms with Gasteiger partial charge in [0.05, 0.1) is 21.3 Å². The lowest BCUT2D eigenvalue weighted by molar-refractivity contribution is -0.153. The predicted octanol–water partition coefficient (Wildman–Crippen LogP) is 3.98. The van der Waals surface area contributed by atoms with Gasteiger partial charge >= 0.3 is 5.97 Å². The van der Waals surface area contributed by atoms with Crippen LogP contribution in [0.2, 0.25) is 9.49 Å². The highest BCUT2D eigenvalue weighted by Crippen LogP contribution is 2.23. The van der Waals surface area contributed by atoms with E-state index in [1.165, 1.54) is 13.1 Å². The first-order valence-corrected chi connectivity index (χ1v) is 8.83. The van der Waals surface area contributed by atoms with Crippen LogP contribution in [0.1, 0.15) is 29.4 Å². The Morgan fingerprint density at radius 3 is 2.64 bits per heavy atom. The van der Waals surface area contributed by atoms with Gasteiger partial charge in [-0.3, -0.25) is 14.4 Å². The van der Waals surface area contributed by atoms with E-state index in [-0.39, 0.29) is 23.8 Å². The number of nitrogens with one attached hydrogen (secondary N) is 1. The molecule has 0 aliphatic carbocycles. The van der Waals surface area contributed by atoms with E-state index in [0.717, 1.165) is 11.3 Å². The third-order valence-electron chi connectivity index (χ3n) is 3.10. The van der Waals surface area contributed by atoms with E-state index in [4.69, 9.17) is 27.9 Å². The molecule has 0 saturated carbocycles. The number of hydrogen-bond acceptors (Lipinski definition) is 6. The van der Waals surface area contributed by atoms with Crippen LogP contribution < -0.4 is 5.32 Å². The molecule has 0 saturated heterocycles. The number of thiophene rings is 1. The number of rotatable bonds is 7. The minimum absolute atomic E-state index is 0.0154. The van der Waals surface area contributed by atoms with Crippen molar-refractivity contribution >= 4 is 57.9 Å². The molecular weight excluding hydrogens is 387 g/mol. The number of pyridine rings is 1.